The average molecular weight is 625 g/mol. The maximum absolute atomic E-state index is 13.7. The summed E-state index contributed by atoms with van der Waals surface area (Å²) in [5.74, 6) is 2.60. The molecule has 0 amide bonds. The molecule has 0 atom stereocenters. The van der Waals surface area contributed by atoms with Crippen molar-refractivity contribution in [1.82, 2.24) is 9.97 Å². The number of rotatable bonds is 7. The third-order valence-electron chi connectivity index (χ3n) is 9.23. The molecule has 2 heterocycles. The first-order valence-corrected chi connectivity index (χ1v) is 16.7. The Labute approximate surface area is 278 Å². The van der Waals surface area contributed by atoms with Crippen LogP contribution in [0.25, 0.3) is 0 Å². The van der Waals surface area contributed by atoms with E-state index in [1.54, 1.807) is 24.5 Å². The number of hydrogen-bond donors (Lipinski definition) is 0. The van der Waals surface area contributed by atoms with Crippen molar-refractivity contribution in [3.63, 3.8) is 0 Å². The van der Waals surface area contributed by atoms with Gasteiger partial charge < -0.3 is 0 Å². The first-order chi connectivity index (χ1) is 22.4. The molecular weight excluding hydrogens is 580 g/mol. The zero-order valence-electron chi connectivity index (χ0n) is 28.9. The summed E-state index contributed by atoms with van der Waals surface area (Å²) >= 11 is 0. The summed E-state index contributed by atoms with van der Waals surface area (Å²) in [6.07, 6.45) is 7.11. The minimum atomic E-state index is -0.248. The number of ketones is 2. The predicted molar refractivity (Wildman–Crippen MR) is 192 cm³/mol. The number of fused-ring (bicyclic) bond motifs is 2. The molecule has 6 heteroatoms. The van der Waals surface area contributed by atoms with Crippen molar-refractivity contribution in [3.8, 4) is 0 Å². The molecule has 0 saturated heterocycles. The summed E-state index contributed by atoms with van der Waals surface area (Å²) in [6, 6.07) is 18.5. The van der Waals surface area contributed by atoms with E-state index in [9.17, 15) is 9.59 Å². The van der Waals surface area contributed by atoms with Crippen LogP contribution in [-0.4, -0.2) is 21.5 Å². The molecule has 6 nitrogen and oxygen atoms in total. The highest BCUT2D eigenvalue weighted by Gasteiger charge is 2.41. The van der Waals surface area contributed by atoms with E-state index in [0.717, 1.165) is 22.8 Å². The molecule has 0 radical (unpaired) electrons. The number of allylic oxidation sites excluding steroid dienone is 3. The number of carbonyl (C=O) groups excluding carboxylic acids is 2. The Hall–Kier alpha value is -4.84. The van der Waals surface area contributed by atoms with E-state index < -0.39 is 0 Å². The van der Waals surface area contributed by atoms with E-state index >= 15 is 0 Å². The van der Waals surface area contributed by atoms with E-state index in [-0.39, 0.29) is 40.8 Å². The van der Waals surface area contributed by atoms with Gasteiger partial charge in [0.25, 0.3) is 0 Å². The molecule has 6 rings (SSSR count). The molecule has 0 saturated carbocycles. The van der Waals surface area contributed by atoms with Gasteiger partial charge in [-0.15, -0.1) is 0 Å². The number of aromatic nitrogens is 2. The Balaban J connectivity index is 1.70. The SMILES string of the molecule is Cc1ccc2c(c1)C(=O)/C(=C/C=C1N(c3c(C(C)C)cccc3C(C)C)c3nccnc3N1c1c(C(C)C)cccc1C(C)C)C2=O. The lowest BCUT2D eigenvalue weighted by atomic mass is 9.91. The standard InChI is InChI=1S/C41H44N4O2/c1-23(2)28-12-10-13-29(24(3)4)36(28)44-35(19-18-33-38(46)32-17-16-27(9)22-34(32)39(33)47)45(41-40(44)42-20-21-43-41)37-30(25(5)6)14-11-15-31(37)26(7)8/h10-26H,1-9H3/b33-18+. The minimum Gasteiger partial charge on any atom is -0.288 e. The van der Waals surface area contributed by atoms with E-state index in [4.69, 9.17) is 9.97 Å². The monoisotopic (exact) mass is 624 g/mol. The molecule has 240 valence electrons. The van der Waals surface area contributed by atoms with Gasteiger partial charge in [0.05, 0.1) is 16.9 Å². The van der Waals surface area contributed by atoms with Crippen molar-refractivity contribution in [2.75, 3.05) is 9.80 Å². The second kappa shape index (κ2) is 12.4. The molecule has 1 aliphatic heterocycles. The highest BCUT2D eigenvalue weighted by Crippen LogP contribution is 2.53. The molecule has 0 N–H and O–H groups in total. The molecule has 1 aliphatic carbocycles. The highest BCUT2D eigenvalue weighted by atomic mass is 16.2. The lowest BCUT2D eigenvalue weighted by molar-refractivity contribution is 0.0988. The fraction of sp³-hybridized carbons (Fsp3) is 0.317. The van der Waals surface area contributed by atoms with Crippen molar-refractivity contribution >= 4 is 34.6 Å². The van der Waals surface area contributed by atoms with E-state index in [2.05, 4.69) is 102 Å². The average Bonchev–Trinajstić information content (AvgIpc) is 3.48. The van der Waals surface area contributed by atoms with E-state index in [0.29, 0.717) is 22.8 Å². The van der Waals surface area contributed by atoms with Crippen LogP contribution in [0, 0.1) is 6.92 Å². The van der Waals surface area contributed by atoms with E-state index in [1.165, 1.54) is 22.3 Å². The van der Waals surface area contributed by atoms with Gasteiger partial charge in [-0.05, 0) is 71.1 Å². The zero-order chi connectivity index (χ0) is 33.7. The second-order valence-electron chi connectivity index (χ2n) is 13.9. The van der Waals surface area contributed by atoms with Crippen molar-refractivity contribution in [2.45, 2.75) is 86.0 Å². The molecular formula is C41H44N4O2. The molecule has 0 unspecified atom stereocenters. The third kappa shape index (κ3) is 5.40. The molecule has 0 fully saturated rings. The summed E-state index contributed by atoms with van der Waals surface area (Å²) in [4.78, 5) is 41.7. The van der Waals surface area contributed by atoms with Crippen molar-refractivity contribution < 1.29 is 9.59 Å². The molecule has 2 aliphatic rings. The van der Waals surface area contributed by atoms with Crippen LogP contribution in [-0.2, 0) is 0 Å². The number of benzene rings is 3. The van der Waals surface area contributed by atoms with Gasteiger partial charge >= 0.3 is 0 Å². The quantitative estimate of drug-likeness (QED) is 0.151. The summed E-state index contributed by atoms with van der Waals surface area (Å²) in [7, 11) is 0. The van der Waals surface area contributed by atoms with Gasteiger partial charge in [0.2, 0.25) is 0 Å². The lowest BCUT2D eigenvalue weighted by Crippen LogP contribution is -2.26. The molecule has 4 aromatic rings. The van der Waals surface area contributed by atoms with Crippen molar-refractivity contribution in [1.29, 1.82) is 0 Å². The topological polar surface area (TPSA) is 66.4 Å². The number of nitrogens with zero attached hydrogens (tertiary/aromatic N) is 4. The Kier molecular flexibility index (Phi) is 8.47. The van der Waals surface area contributed by atoms with Crippen LogP contribution in [0.5, 0.6) is 0 Å². The molecule has 0 spiro atoms. The summed E-state index contributed by atoms with van der Waals surface area (Å²) in [6.45, 7) is 19.6. The first kappa shape index (κ1) is 32.1. The first-order valence-electron chi connectivity index (χ1n) is 16.7. The number of anilines is 4. The number of para-hydroxylation sites is 2. The van der Waals surface area contributed by atoms with Crippen molar-refractivity contribution in [2.24, 2.45) is 0 Å². The van der Waals surface area contributed by atoms with Gasteiger partial charge in [0.15, 0.2) is 23.2 Å². The number of aryl methyl sites for hydroxylation is 1. The molecule has 47 heavy (non-hydrogen) atoms. The number of carbonyl (C=O) groups is 2. The van der Waals surface area contributed by atoms with Gasteiger partial charge in [-0.1, -0.05) is 109 Å². The lowest BCUT2D eigenvalue weighted by Gasteiger charge is -2.32. The van der Waals surface area contributed by atoms with Crippen LogP contribution >= 0.6 is 0 Å². The molecule has 3 aromatic carbocycles. The summed E-state index contributed by atoms with van der Waals surface area (Å²) < 4.78 is 0. The molecule has 1 aromatic heterocycles. The van der Waals surface area contributed by atoms with Crippen LogP contribution in [0.4, 0.5) is 23.0 Å². The van der Waals surface area contributed by atoms with E-state index in [1.807, 2.05) is 25.1 Å². The largest absolute Gasteiger partial charge is 0.288 e. The Morgan fingerprint density at radius 2 is 1.00 bits per heavy atom. The fourth-order valence-corrected chi connectivity index (χ4v) is 6.83. The minimum absolute atomic E-state index is 0.164. The normalized spacial score (nSPS) is 15.3. The summed E-state index contributed by atoms with van der Waals surface area (Å²) in [5.41, 5.74) is 8.89. The molecule has 0 bridgehead atoms. The van der Waals surface area contributed by atoms with Gasteiger partial charge in [-0.25, -0.2) is 9.97 Å². The Morgan fingerprint density at radius 3 is 1.43 bits per heavy atom. The van der Waals surface area contributed by atoms with Crippen LogP contribution in [0.3, 0.4) is 0 Å². The summed E-state index contributed by atoms with van der Waals surface area (Å²) in [5, 5.41) is 0. The fourth-order valence-electron chi connectivity index (χ4n) is 6.83. The highest BCUT2D eigenvalue weighted by molar-refractivity contribution is 6.39. The van der Waals surface area contributed by atoms with Crippen LogP contribution in [0.15, 0.2) is 90.5 Å². The van der Waals surface area contributed by atoms with Gasteiger partial charge in [0.1, 0.15) is 5.82 Å². The van der Waals surface area contributed by atoms with Crippen LogP contribution < -0.4 is 9.80 Å². The van der Waals surface area contributed by atoms with Gasteiger partial charge in [0, 0.05) is 23.5 Å². The Morgan fingerprint density at radius 1 is 0.574 bits per heavy atom. The zero-order valence-corrected chi connectivity index (χ0v) is 28.9. The second-order valence-corrected chi connectivity index (χ2v) is 13.9. The van der Waals surface area contributed by atoms with Crippen molar-refractivity contribution in [3.05, 3.63) is 129 Å². The maximum atomic E-state index is 13.7. The third-order valence-corrected chi connectivity index (χ3v) is 9.23. The Bertz CT molecular complexity index is 1820. The van der Waals surface area contributed by atoms with Crippen LogP contribution in [0.1, 0.15) is 128 Å². The van der Waals surface area contributed by atoms with Gasteiger partial charge in [-0.3, -0.25) is 19.4 Å². The van der Waals surface area contributed by atoms with Crippen LogP contribution in [0.2, 0.25) is 0 Å². The predicted octanol–water partition coefficient (Wildman–Crippen LogP) is 10.4. The number of hydrogen-bond acceptors (Lipinski definition) is 6. The number of Topliss-reactive ketones (excluding diaryl/α,β-unsaturated/α-hetero) is 2. The smallest absolute Gasteiger partial charge is 0.197 e. The maximum Gasteiger partial charge on any atom is 0.197 e. The van der Waals surface area contributed by atoms with Gasteiger partial charge in [-0.2, -0.15) is 0 Å².